The number of H-pyrrole nitrogens is 1. The van der Waals surface area contributed by atoms with Gasteiger partial charge in [0.15, 0.2) is 0 Å². The predicted molar refractivity (Wildman–Crippen MR) is 138 cm³/mol. The second kappa shape index (κ2) is 10.6. The number of nitrogens with one attached hydrogen (secondary N) is 1. The van der Waals surface area contributed by atoms with Crippen LogP contribution in [0.2, 0.25) is 0 Å². The Bertz CT molecular complexity index is 1130. The van der Waals surface area contributed by atoms with Gasteiger partial charge in [0.25, 0.3) is 0 Å². The van der Waals surface area contributed by atoms with Crippen molar-refractivity contribution < 1.29 is 9.13 Å². The molecule has 5 nitrogen and oxygen atoms in total. The van der Waals surface area contributed by atoms with Gasteiger partial charge in [-0.3, -0.25) is 9.80 Å². The maximum atomic E-state index is 13.5. The zero-order chi connectivity index (χ0) is 23.3. The second-order valence-corrected chi connectivity index (χ2v) is 9.38. The molecule has 0 atom stereocenters. The summed E-state index contributed by atoms with van der Waals surface area (Å²) in [5.41, 5.74) is 4.69. The minimum absolute atomic E-state index is 0.192. The first-order chi connectivity index (χ1) is 16.7. The van der Waals surface area contributed by atoms with E-state index in [0.29, 0.717) is 0 Å². The van der Waals surface area contributed by atoms with E-state index in [1.807, 2.05) is 24.4 Å². The van der Waals surface area contributed by atoms with Gasteiger partial charge in [-0.25, -0.2) is 4.39 Å². The van der Waals surface area contributed by atoms with Gasteiger partial charge in [-0.15, -0.1) is 0 Å². The molecular weight excluding hydrogens is 427 g/mol. The number of anilines is 1. The molecule has 0 saturated carbocycles. The van der Waals surface area contributed by atoms with Gasteiger partial charge >= 0.3 is 0 Å². The van der Waals surface area contributed by atoms with Crippen molar-refractivity contribution in [2.75, 3.05) is 64.4 Å². The first-order valence-corrected chi connectivity index (χ1v) is 12.5. The monoisotopic (exact) mass is 462 g/mol. The smallest absolute Gasteiger partial charge is 0.142 e. The van der Waals surface area contributed by atoms with Crippen LogP contribution in [-0.2, 0) is 0 Å². The molecule has 0 aliphatic carbocycles. The van der Waals surface area contributed by atoms with Crippen molar-refractivity contribution in [3.63, 3.8) is 0 Å². The highest BCUT2D eigenvalue weighted by molar-refractivity contribution is 5.92. The lowest BCUT2D eigenvalue weighted by atomic mass is 9.99. The maximum Gasteiger partial charge on any atom is 0.142 e. The fourth-order valence-corrected chi connectivity index (χ4v) is 5.30. The van der Waals surface area contributed by atoms with Crippen LogP contribution >= 0.6 is 0 Å². The number of nitrogens with zero attached hydrogens (tertiary/aromatic N) is 3. The summed E-state index contributed by atoms with van der Waals surface area (Å²) in [7, 11) is 1.75. The lowest BCUT2D eigenvalue weighted by Crippen LogP contribution is -2.46. The summed E-state index contributed by atoms with van der Waals surface area (Å²) >= 11 is 0. The molecule has 1 fully saturated rings. The number of benzene rings is 2. The molecule has 5 rings (SSSR count). The number of methoxy groups -OCH3 is 1. The first-order valence-electron chi connectivity index (χ1n) is 12.5. The van der Waals surface area contributed by atoms with Crippen molar-refractivity contribution in [2.24, 2.45) is 0 Å². The van der Waals surface area contributed by atoms with Crippen molar-refractivity contribution in [2.45, 2.75) is 19.3 Å². The quantitative estimate of drug-likeness (QED) is 0.478. The average Bonchev–Trinajstić information content (AvgIpc) is 3.30. The molecule has 6 heteroatoms. The molecule has 2 aliphatic rings. The van der Waals surface area contributed by atoms with Crippen molar-refractivity contribution in [1.29, 1.82) is 0 Å². The fraction of sp³-hybridized carbons (Fsp3) is 0.429. The van der Waals surface area contributed by atoms with Gasteiger partial charge in [-0.1, -0.05) is 18.2 Å². The van der Waals surface area contributed by atoms with Crippen LogP contribution in [0.15, 0.2) is 54.7 Å². The summed E-state index contributed by atoms with van der Waals surface area (Å²) in [6.45, 7) is 8.77. The Hall–Kier alpha value is -2.83. The third kappa shape index (κ3) is 5.13. The van der Waals surface area contributed by atoms with Gasteiger partial charge in [-0.05, 0) is 68.3 Å². The fourth-order valence-electron chi connectivity index (χ4n) is 5.30. The Labute approximate surface area is 201 Å². The lowest BCUT2D eigenvalue weighted by Gasteiger charge is -2.36. The number of unbranched alkanes of at least 4 members (excludes halogenated alkanes) is 1. The highest BCUT2D eigenvalue weighted by Gasteiger charge is 2.20. The third-order valence-electron chi connectivity index (χ3n) is 7.28. The van der Waals surface area contributed by atoms with Crippen LogP contribution < -0.4 is 9.64 Å². The molecule has 3 aromatic rings. The Morgan fingerprint density at radius 3 is 2.50 bits per heavy atom. The van der Waals surface area contributed by atoms with E-state index in [1.165, 1.54) is 36.2 Å². The van der Waals surface area contributed by atoms with Gasteiger partial charge in [0.1, 0.15) is 11.6 Å². The summed E-state index contributed by atoms with van der Waals surface area (Å²) in [6.07, 6.45) is 7.92. The minimum Gasteiger partial charge on any atom is -0.495 e. The Kier molecular flexibility index (Phi) is 7.16. The van der Waals surface area contributed by atoms with Gasteiger partial charge in [0.05, 0.1) is 12.8 Å². The van der Waals surface area contributed by atoms with E-state index in [1.54, 1.807) is 19.2 Å². The normalized spacial score (nSPS) is 17.8. The van der Waals surface area contributed by atoms with Crippen molar-refractivity contribution in [3.8, 4) is 5.75 Å². The van der Waals surface area contributed by atoms with Crippen molar-refractivity contribution in [3.05, 3.63) is 66.1 Å². The number of ether oxygens (including phenoxy) is 1. The molecule has 2 aromatic carbocycles. The van der Waals surface area contributed by atoms with Crippen molar-refractivity contribution in [1.82, 2.24) is 14.8 Å². The topological polar surface area (TPSA) is 34.7 Å². The molecule has 1 saturated heterocycles. The number of aromatic amines is 1. The zero-order valence-corrected chi connectivity index (χ0v) is 20.1. The van der Waals surface area contributed by atoms with Crippen LogP contribution in [0.4, 0.5) is 10.1 Å². The molecule has 3 heterocycles. The first kappa shape index (κ1) is 22.9. The molecule has 0 amide bonds. The largest absolute Gasteiger partial charge is 0.495 e. The van der Waals surface area contributed by atoms with E-state index >= 15 is 0 Å². The number of hydrogen-bond acceptors (Lipinski definition) is 4. The van der Waals surface area contributed by atoms with Crippen LogP contribution in [0.3, 0.4) is 0 Å². The summed E-state index contributed by atoms with van der Waals surface area (Å²) < 4.78 is 19.0. The molecule has 0 spiro atoms. The summed E-state index contributed by atoms with van der Waals surface area (Å²) in [4.78, 5) is 10.8. The molecular formula is C28H35FN4O. The van der Waals surface area contributed by atoms with Gasteiger partial charge in [0, 0.05) is 61.9 Å². The van der Waals surface area contributed by atoms with E-state index in [4.69, 9.17) is 4.74 Å². The van der Waals surface area contributed by atoms with Crippen molar-refractivity contribution >= 4 is 22.2 Å². The molecule has 0 radical (unpaired) electrons. The third-order valence-corrected chi connectivity index (χ3v) is 7.28. The Balaban J connectivity index is 1.03. The van der Waals surface area contributed by atoms with Crippen LogP contribution in [0.5, 0.6) is 5.75 Å². The van der Waals surface area contributed by atoms with Gasteiger partial charge < -0.3 is 14.6 Å². The van der Waals surface area contributed by atoms with E-state index in [-0.39, 0.29) is 5.82 Å². The van der Waals surface area contributed by atoms with Crippen LogP contribution in [0, 0.1) is 5.82 Å². The van der Waals surface area contributed by atoms with Crippen LogP contribution in [0.1, 0.15) is 24.8 Å². The van der Waals surface area contributed by atoms with E-state index in [0.717, 1.165) is 68.9 Å². The second-order valence-electron chi connectivity index (χ2n) is 9.38. The molecule has 0 unspecified atom stereocenters. The number of aromatic nitrogens is 1. The SMILES string of the molecule is COc1ccccc1N1CCN(CCCCN2CC=C(c3c[nH]c4cc(F)ccc34)CC2)CC1. The predicted octanol–water partition coefficient (Wildman–Crippen LogP) is 5.01. The van der Waals surface area contributed by atoms with Crippen LogP contribution in [0.25, 0.3) is 16.5 Å². The summed E-state index contributed by atoms with van der Waals surface area (Å²) in [6, 6.07) is 13.3. The van der Waals surface area contributed by atoms with E-state index in [2.05, 4.69) is 37.9 Å². The molecule has 1 aromatic heterocycles. The number of halogens is 1. The van der Waals surface area contributed by atoms with E-state index in [9.17, 15) is 4.39 Å². The molecule has 34 heavy (non-hydrogen) atoms. The Morgan fingerprint density at radius 2 is 1.74 bits per heavy atom. The lowest BCUT2D eigenvalue weighted by molar-refractivity contribution is 0.239. The number of rotatable bonds is 8. The number of piperazine rings is 1. The minimum atomic E-state index is -0.192. The van der Waals surface area contributed by atoms with Gasteiger partial charge in [-0.2, -0.15) is 0 Å². The molecule has 0 bridgehead atoms. The molecule has 180 valence electrons. The Morgan fingerprint density at radius 1 is 0.941 bits per heavy atom. The van der Waals surface area contributed by atoms with E-state index < -0.39 is 0 Å². The maximum absolute atomic E-state index is 13.5. The zero-order valence-electron chi connectivity index (χ0n) is 20.1. The standard InChI is InChI=1S/C28H35FN4O/c1-34-28-7-3-2-6-27(28)33-18-16-32(17-19-33)13-5-4-12-31-14-10-22(11-15-31)25-21-30-26-20-23(29)8-9-24(25)26/h2-3,6-10,20-21,30H,4-5,11-19H2,1H3. The summed E-state index contributed by atoms with van der Waals surface area (Å²) in [5.74, 6) is 0.774. The highest BCUT2D eigenvalue weighted by atomic mass is 19.1. The molecule has 1 N–H and O–H groups in total. The highest BCUT2D eigenvalue weighted by Crippen LogP contribution is 2.30. The van der Waals surface area contributed by atoms with Gasteiger partial charge in [0.2, 0.25) is 0 Å². The number of hydrogen-bond donors (Lipinski definition) is 1. The molecule has 2 aliphatic heterocycles. The van der Waals surface area contributed by atoms with Crippen LogP contribution in [-0.4, -0.2) is 74.3 Å². The summed E-state index contributed by atoms with van der Waals surface area (Å²) in [5, 5.41) is 1.12. The number of fused-ring (bicyclic) bond motifs is 1. The average molecular weight is 463 g/mol. The number of para-hydroxylation sites is 2.